The Hall–Kier alpha value is -0.350. The van der Waals surface area contributed by atoms with E-state index in [0.717, 1.165) is 12.8 Å². The molecule has 4 nitrogen and oxygen atoms in total. The normalized spacial score (nSPS) is 14.1. The Bertz CT molecular complexity index is 235. The predicted molar refractivity (Wildman–Crippen MR) is 92.2 cm³/mol. The van der Waals surface area contributed by atoms with Gasteiger partial charge in [0.2, 0.25) is 0 Å². The lowest BCUT2D eigenvalue weighted by molar-refractivity contribution is -0.144. The van der Waals surface area contributed by atoms with Gasteiger partial charge < -0.3 is 14.9 Å². The minimum absolute atomic E-state index is 0.0368. The van der Waals surface area contributed by atoms with Crippen molar-refractivity contribution in [2.24, 2.45) is 0 Å². The molecule has 0 radical (unpaired) electrons. The van der Waals surface area contributed by atoms with Gasteiger partial charge in [0.15, 0.2) is 0 Å². The zero-order chi connectivity index (χ0) is 16.3. The molecule has 21 heavy (non-hydrogen) atoms. The number of terminal acetylenes is 1. The highest BCUT2D eigenvalue weighted by Crippen LogP contribution is 2.29. The molecule has 2 N–H and O–H groups in total. The molecule has 0 aromatic carbocycles. The van der Waals surface area contributed by atoms with E-state index in [1.807, 2.05) is 28.5 Å². The second kappa shape index (κ2) is 19.7. The Kier molecular flexibility index (Phi) is 21.5. The second-order valence-electron chi connectivity index (χ2n) is 4.28. The van der Waals surface area contributed by atoms with Crippen LogP contribution in [-0.2, 0) is 9.53 Å². The smallest absolute Gasteiger partial charge is 0.305 e. The van der Waals surface area contributed by atoms with Gasteiger partial charge in [-0.15, -0.1) is 12.8 Å². The molecular weight excluding hydrogens is 308 g/mol. The van der Waals surface area contributed by atoms with Crippen molar-refractivity contribution in [3.8, 4) is 12.8 Å². The molecule has 124 valence electrons. The molecule has 0 aromatic heterocycles. The fraction of sp³-hybridized carbons (Fsp3) is 0.800. The third-order valence-electron chi connectivity index (χ3n) is 2.45. The Labute approximate surface area is 136 Å². The second-order valence-corrected chi connectivity index (χ2v) is 6.98. The number of hydrogen-bond acceptors (Lipinski definition) is 6. The maximum atomic E-state index is 11.0. The first kappa shape index (κ1) is 22.9. The molecule has 0 unspecified atom stereocenters. The summed E-state index contributed by atoms with van der Waals surface area (Å²) in [5.41, 5.74) is 0. The van der Waals surface area contributed by atoms with Crippen molar-refractivity contribution in [3.63, 3.8) is 0 Å². The molecule has 0 aliphatic carbocycles. The number of rotatable bonds is 8. The van der Waals surface area contributed by atoms with Crippen LogP contribution in [0.2, 0.25) is 0 Å². The van der Waals surface area contributed by atoms with Gasteiger partial charge in [0, 0.05) is 31.0 Å². The van der Waals surface area contributed by atoms with Gasteiger partial charge in [0.25, 0.3) is 0 Å². The van der Waals surface area contributed by atoms with Gasteiger partial charge in [0.1, 0.15) is 0 Å². The van der Waals surface area contributed by atoms with Crippen LogP contribution in [-0.4, -0.2) is 47.0 Å². The predicted octanol–water partition coefficient (Wildman–Crippen LogP) is 2.87. The van der Waals surface area contributed by atoms with Gasteiger partial charge >= 0.3 is 5.97 Å². The van der Waals surface area contributed by atoms with E-state index in [4.69, 9.17) is 9.84 Å². The third kappa shape index (κ3) is 19.6. The van der Waals surface area contributed by atoms with Gasteiger partial charge in [-0.3, -0.25) is 4.79 Å². The molecule has 1 fully saturated rings. The molecule has 1 aliphatic heterocycles. The highest BCUT2D eigenvalue weighted by molar-refractivity contribution is 8.77. The van der Waals surface area contributed by atoms with Crippen molar-refractivity contribution in [1.29, 1.82) is 0 Å². The van der Waals surface area contributed by atoms with Crippen molar-refractivity contribution >= 4 is 27.6 Å². The molecule has 1 aliphatic rings. The summed E-state index contributed by atoms with van der Waals surface area (Å²) >= 11 is 0. The van der Waals surface area contributed by atoms with Crippen LogP contribution in [0.4, 0.5) is 0 Å². The summed E-state index contributed by atoms with van der Waals surface area (Å²) in [4.78, 5) is 11.0. The summed E-state index contributed by atoms with van der Waals surface area (Å²) in [6, 6.07) is 0. The number of esters is 1. The molecule has 1 heterocycles. The first-order valence-corrected chi connectivity index (χ1v) is 9.71. The molecule has 0 bridgehead atoms. The van der Waals surface area contributed by atoms with Crippen LogP contribution in [0.3, 0.4) is 0 Å². The Morgan fingerprint density at radius 3 is 2.33 bits per heavy atom. The van der Waals surface area contributed by atoms with Gasteiger partial charge in [0.05, 0.1) is 12.7 Å². The zero-order valence-corrected chi connectivity index (χ0v) is 14.5. The molecule has 1 rings (SSSR count). The summed E-state index contributed by atoms with van der Waals surface area (Å²) < 4.78 is 4.88. The van der Waals surface area contributed by atoms with Crippen molar-refractivity contribution in [3.05, 3.63) is 0 Å². The molecular formula is C15H28O4S2. The molecule has 1 saturated heterocycles. The molecule has 6 heteroatoms. The van der Waals surface area contributed by atoms with E-state index < -0.39 is 6.10 Å². The van der Waals surface area contributed by atoms with Gasteiger partial charge in [-0.05, 0) is 19.3 Å². The standard InChI is InChI=1S/C10H20O4.C3H6S2.C2H2/c1-2-3-4-10(13)14-8-6-9(12)5-7-11;1-2-4-5-3-1;1-2/h9,11-12H,2-8H2,1H3;1-3H2;1-2H/t9-;;/m1../s1. The Morgan fingerprint density at radius 2 is 1.90 bits per heavy atom. The van der Waals surface area contributed by atoms with Gasteiger partial charge in [-0.1, -0.05) is 34.9 Å². The summed E-state index contributed by atoms with van der Waals surface area (Å²) in [7, 11) is 3.98. The van der Waals surface area contributed by atoms with Crippen LogP contribution in [0.1, 0.15) is 45.4 Å². The SMILES string of the molecule is C#C.C1CSSC1.CCCCC(=O)OCC[C@H](O)CCO. The Morgan fingerprint density at radius 1 is 1.29 bits per heavy atom. The average Bonchev–Trinajstić information content (AvgIpc) is 3.07. The van der Waals surface area contributed by atoms with E-state index in [1.165, 1.54) is 17.9 Å². The van der Waals surface area contributed by atoms with Crippen LogP contribution in [0.25, 0.3) is 0 Å². The average molecular weight is 337 g/mol. The summed E-state index contributed by atoms with van der Waals surface area (Å²) in [6.45, 7) is 2.22. The number of aliphatic hydroxyl groups is 2. The number of aliphatic hydroxyl groups excluding tert-OH is 2. The van der Waals surface area contributed by atoms with E-state index >= 15 is 0 Å². The minimum Gasteiger partial charge on any atom is -0.466 e. The van der Waals surface area contributed by atoms with E-state index in [0.29, 0.717) is 19.3 Å². The monoisotopic (exact) mass is 336 g/mol. The number of carbonyl (C=O) groups is 1. The largest absolute Gasteiger partial charge is 0.466 e. The van der Waals surface area contributed by atoms with Crippen LogP contribution in [0, 0.1) is 12.8 Å². The highest BCUT2D eigenvalue weighted by Gasteiger charge is 2.05. The number of hydrogen-bond donors (Lipinski definition) is 2. The molecule has 0 saturated carbocycles. The van der Waals surface area contributed by atoms with Crippen molar-refractivity contribution in [1.82, 2.24) is 0 Å². The lowest BCUT2D eigenvalue weighted by Crippen LogP contribution is -2.14. The maximum Gasteiger partial charge on any atom is 0.305 e. The van der Waals surface area contributed by atoms with Crippen LogP contribution < -0.4 is 0 Å². The molecule has 0 aromatic rings. The molecule has 0 amide bonds. The third-order valence-corrected chi connectivity index (χ3v) is 5.03. The van der Waals surface area contributed by atoms with Crippen LogP contribution >= 0.6 is 21.6 Å². The van der Waals surface area contributed by atoms with Crippen molar-refractivity contribution in [2.45, 2.75) is 51.6 Å². The first-order chi connectivity index (χ1) is 10.2. The Balaban J connectivity index is 0. The van der Waals surface area contributed by atoms with E-state index in [2.05, 4.69) is 12.8 Å². The maximum absolute atomic E-state index is 11.0. The molecule has 1 atom stereocenters. The lowest BCUT2D eigenvalue weighted by atomic mass is 10.2. The summed E-state index contributed by atoms with van der Waals surface area (Å²) in [6.07, 6.45) is 11.9. The summed E-state index contributed by atoms with van der Waals surface area (Å²) in [5, 5.41) is 17.7. The van der Waals surface area contributed by atoms with Crippen molar-refractivity contribution < 1.29 is 19.7 Å². The fourth-order valence-electron chi connectivity index (χ4n) is 1.29. The topological polar surface area (TPSA) is 66.8 Å². The van der Waals surface area contributed by atoms with E-state index in [1.54, 1.807) is 0 Å². The van der Waals surface area contributed by atoms with Crippen LogP contribution in [0.15, 0.2) is 0 Å². The highest BCUT2D eigenvalue weighted by atomic mass is 33.1. The van der Waals surface area contributed by atoms with Gasteiger partial charge in [-0.2, -0.15) is 0 Å². The molecule has 0 spiro atoms. The van der Waals surface area contributed by atoms with Gasteiger partial charge in [-0.25, -0.2) is 0 Å². The zero-order valence-electron chi connectivity index (χ0n) is 12.8. The van der Waals surface area contributed by atoms with Crippen molar-refractivity contribution in [2.75, 3.05) is 24.7 Å². The minimum atomic E-state index is -0.570. The number of carbonyl (C=O) groups excluding carboxylic acids is 1. The first-order valence-electron chi connectivity index (χ1n) is 7.23. The lowest BCUT2D eigenvalue weighted by Gasteiger charge is -2.08. The fourth-order valence-corrected chi connectivity index (χ4v) is 3.65. The quantitative estimate of drug-likeness (QED) is 0.404. The van der Waals surface area contributed by atoms with E-state index in [9.17, 15) is 9.90 Å². The number of ether oxygens (including phenoxy) is 1. The van der Waals surface area contributed by atoms with E-state index in [-0.39, 0.29) is 19.2 Å². The van der Waals surface area contributed by atoms with Crippen LogP contribution in [0.5, 0.6) is 0 Å². The summed E-state index contributed by atoms with van der Waals surface area (Å²) in [5.74, 6) is 2.55. The number of unbranched alkanes of at least 4 members (excludes halogenated alkanes) is 1.